The van der Waals surface area contributed by atoms with Crippen LogP contribution in [0.4, 0.5) is 17.1 Å². The largest absolute Gasteiger partial charge is 0.475 e. The maximum Gasteiger partial charge on any atom is 0.475 e. The second kappa shape index (κ2) is 25.9. The molecule has 15 heterocycles. The van der Waals surface area contributed by atoms with Crippen LogP contribution in [0.15, 0.2) is 111 Å². The summed E-state index contributed by atoms with van der Waals surface area (Å²) >= 11 is 0. The summed E-state index contributed by atoms with van der Waals surface area (Å²) < 4.78 is 119. The average molecular weight is 1400 g/mol. The van der Waals surface area contributed by atoms with E-state index in [1.807, 2.05) is 91.6 Å². The summed E-state index contributed by atoms with van der Waals surface area (Å²) in [5, 5.41) is 0. The third-order valence-electron chi connectivity index (χ3n) is 20.0. The van der Waals surface area contributed by atoms with Gasteiger partial charge in [-0.3, -0.25) is 27.3 Å². The molecule has 0 unspecified atom stereocenters. The minimum atomic E-state index is -4.78. The standard InChI is InChI=1S/C69H78N15O16P/c1-67(2)95-55-46(92-64(58(55)98-67)82-37-76-52-49(70-34-73-61(52)82)40-10-7-13-43(28-40)79-16-22-86-23-17-79)31-89-101(85,90-32-47-56-59(99-68(3,4)96-56)65(93-47)83-38-77-53-50(71-35-74-62(53)83)41-11-8-14-44(29-41)80-18-24-87-25-19-80)91-33-48-57-60(100-69(5,6)97-57)66(94-48)84-39-78-54-51(72-36-75-63(54)84)42-12-9-15-45(30-42)81-20-26-88-27-21-81/h7-15,28-30,34-39,46-48,55-60,64-66H,16-27,31-33H2,1-6H3/t46-,47-,48-,55-,56-,57-,58-,59-,60-,64-,65-,66-/m1/s1. The van der Waals surface area contributed by atoms with Crippen molar-refractivity contribution in [2.24, 2.45) is 0 Å². The van der Waals surface area contributed by atoms with E-state index in [1.54, 1.807) is 19.0 Å². The molecule has 9 fully saturated rings. The zero-order valence-electron chi connectivity index (χ0n) is 56.6. The van der Waals surface area contributed by atoms with Gasteiger partial charge in [0.25, 0.3) is 0 Å². The number of hydrogen-bond acceptors (Lipinski definition) is 28. The van der Waals surface area contributed by atoms with E-state index in [2.05, 4.69) is 51.1 Å². The van der Waals surface area contributed by atoms with E-state index < -0.39 is 98.8 Å². The third-order valence-corrected chi connectivity index (χ3v) is 21.3. The molecule has 101 heavy (non-hydrogen) atoms. The van der Waals surface area contributed by atoms with Crippen LogP contribution >= 0.6 is 7.82 Å². The molecular formula is C69H78N15O16P. The number of ether oxygens (including phenoxy) is 12. The summed E-state index contributed by atoms with van der Waals surface area (Å²) in [5.74, 6) is -3.20. The van der Waals surface area contributed by atoms with Gasteiger partial charge in [-0.2, -0.15) is 0 Å². The quantitative estimate of drug-likeness (QED) is 0.0754. The summed E-state index contributed by atoms with van der Waals surface area (Å²) in [4.78, 5) is 50.0. The molecule has 530 valence electrons. The molecule has 9 aliphatic rings. The van der Waals surface area contributed by atoms with Gasteiger partial charge >= 0.3 is 7.82 Å². The SMILES string of the molecule is CC1(C)O[C@@H]2[C@H](O1)[C@@H](COP(=O)(OC[C@H]1O[C@@H](n3cnc4c(-c5cccc(N6CCOCC6)c5)ncnc43)[C@@H]3OC(C)(C)O[C@@H]31)OC[C@H]1O[C@@H](n3cnc4c(-c5cccc(N6CCOCC6)c5)ncnc43)[C@@H]3OC(C)(C)O[C@@H]31)O[C@H]2n1cnc2c(-c3cccc(N4CCOCC4)c3)ncnc21. The highest BCUT2D eigenvalue weighted by Gasteiger charge is 2.60. The maximum absolute atomic E-state index is 16.1. The normalized spacial score (nSPS) is 29.2. The van der Waals surface area contributed by atoms with Gasteiger partial charge in [-0.15, -0.1) is 0 Å². The highest BCUT2D eigenvalue weighted by molar-refractivity contribution is 7.48. The summed E-state index contributed by atoms with van der Waals surface area (Å²) in [6.07, 6.45) is -0.182. The van der Waals surface area contributed by atoms with E-state index in [9.17, 15) is 0 Å². The third kappa shape index (κ3) is 12.3. The first kappa shape index (κ1) is 65.4. The lowest BCUT2D eigenvalue weighted by Crippen LogP contribution is -2.36. The van der Waals surface area contributed by atoms with Crippen LogP contribution in [-0.2, 0) is 75.0 Å². The minimum absolute atomic E-state index is 0.369. The molecule has 6 aromatic heterocycles. The molecule has 0 amide bonds. The summed E-state index contributed by atoms with van der Waals surface area (Å²) in [6, 6.07) is 24.6. The molecule has 0 aliphatic carbocycles. The second-order valence-corrected chi connectivity index (χ2v) is 29.5. The van der Waals surface area contributed by atoms with Crippen molar-refractivity contribution in [1.82, 2.24) is 58.6 Å². The average Bonchev–Trinajstić information content (AvgIpc) is 1.60. The number of fused-ring (bicyclic) bond motifs is 6. The van der Waals surface area contributed by atoms with E-state index >= 15 is 4.57 Å². The van der Waals surface area contributed by atoms with Crippen LogP contribution in [0, 0.1) is 0 Å². The number of aromatic nitrogens is 12. The van der Waals surface area contributed by atoms with Crippen LogP contribution in [0.3, 0.4) is 0 Å². The molecule has 0 bridgehead atoms. The van der Waals surface area contributed by atoms with Gasteiger partial charge < -0.3 is 71.5 Å². The topological polar surface area (TPSA) is 296 Å². The van der Waals surface area contributed by atoms with Crippen molar-refractivity contribution in [2.45, 2.75) is 133 Å². The molecule has 0 saturated carbocycles. The zero-order chi connectivity index (χ0) is 68.4. The van der Waals surface area contributed by atoms with Crippen molar-refractivity contribution >= 4 is 58.4 Å². The van der Waals surface area contributed by atoms with Crippen molar-refractivity contribution < 1.29 is 75.0 Å². The summed E-state index contributed by atoms with van der Waals surface area (Å²) in [6.45, 7) is 18.4. The zero-order valence-corrected chi connectivity index (χ0v) is 57.5. The Balaban J connectivity index is 0.641. The summed E-state index contributed by atoms with van der Waals surface area (Å²) in [5.41, 5.74) is 10.9. The van der Waals surface area contributed by atoms with Gasteiger partial charge in [-0.25, -0.2) is 49.4 Å². The van der Waals surface area contributed by atoms with Gasteiger partial charge in [0.1, 0.15) is 108 Å². The Bertz CT molecular complexity index is 4150. The number of hydrogen-bond donors (Lipinski definition) is 0. The monoisotopic (exact) mass is 1400 g/mol. The van der Waals surface area contributed by atoms with Gasteiger partial charge in [0.05, 0.1) is 78.4 Å². The highest BCUT2D eigenvalue weighted by atomic mass is 31.2. The molecule has 0 N–H and O–H groups in total. The first-order chi connectivity index (χ1) is 49.1. The van der Waals surface area contributed by atoms with Crippen LogP contribution in [0.25, 0.3) is 67.3 Å². The number of anilines is 3. The highest BCUT2D eigenvalue weighted by Crippen LogP contribution is 2.55. The number of nitrogens with zero attached hydrogens (tertiary/aromatic N) is 15. The predicted octanol–water partition coefficient (Wildman–Crippen LogP) is 7.43. The molecule has 31 nitrogen and oxygen atoms in total. The maximum atomic E-state index is 16.1. The number of benzene rings is 3. The lowest BCUT2D eigenvalue weighted by molar-refractivity contribution is -0.202. The molecule has 12 atom stereocenters. The van der Waals surface area contributed by atoms with Crippen LogP contribution in [0.2, 0.25) is 0 Å². The van der Waals surface area contributed by atoms with Gasteiger partial charge in [-0.1, -0.05) is 36.4 Å². The van der Waals surface area contributed by atoms with Gasteiger partial charge in [0.2, 0.25) is 0 Å². The van der Waals surface area contributed by atoms with Crippen molar-refractivity contribution in [1.29, 1.82) is 0 Å². The van der Waals surface area contributed by atoms with Crippen LogP contribution in [0.5, 0.6) is 0 Å². The number of phosphoric acid groups is 1. The van der Waals surface area contributed by atoms with Gasteiger partial charge in [-0.05, 0) is 77.9 Å². The molecule has 18 rings (SSSR count). The molecule has 9 aliphatic heterocycles. The van der Waals surface area contributed by atoms with E-state index in [0.29, 0.717) is 90.2 Å². The first-order valence-electron chi connectivity index (χ1n) is 34.4. The van der Waals surface area contributed by atoms with Crippen molar-refractivity contribution in [3.63, 3.8) is 0 Å². The molecule has 0 spiro atoms. The fourth-order valence-electron chi connectivity index (χ4n) is 15.4. The Morgan fingerprint density at radius 1 is 0.396 bits per heavy atom. The van der Waals surface area contributed by atoms with Gasteiger partial charge in [0, 0.05) is 73.0 Å². The number of morpholine rings is 3. The van der Waals surface area contributed by atoms with Crippen molar-refractivity contribution in [3.8, 4) is 33.8 Å². The number of rotatable bonds is 18. The van der Waals surface area contributed by atoms with E-state index in [-0.39, 0.29) is 19.8 Å². The Labute approximate surface area is 580 Å². The number of imidazole rings is 3. The van der Waals surface area contributed by atoms with E-state index in [4.69, 9.17) is 115 Å². The molecular weight excluding hydrogens is 1330 g/mol. The fraction of sp³-hybridized carbons (Fsp3) is 0.522. The van der Waals surface area contributed by atoms with Gasteiger partial charge in [0.15, 0.2) is 53.0 Å². The molecule has 3 aromatic carbocycles. The number of phosphoric ester groups is 1. The minimum Gasteiger partial charge on any atom is -0.378 e. The lowest BCUT2D eigenvalue weighted by atomic mass is 10.1. The first-order valence-corrected chi connectivity index (χ1v) is 35.9. The Kier molecular flexibility index (Phi) is 16.8. The van der Waals surface area contributed by atoms with Crippen LogP contribution in [-0.4, -0.2) is 230 Å². The Morgan fingerprint density at radius 3 is 0.980 bits per heavy atom. The van der Waals surface area contributed by atoms with Crippen molar-refractivity contribution in [2.75, 3.05) is 113 Å². The lowest BCUT2D eigenvalue weighted by Gasteiger charge is -2.29. The molecule has 32 heteroatoms. The molecule has 9 aromatic rings. The fourth-order valence-corrected chi connectivity index (χ4v) is 16.6. The Morgan fingerprint density at radius 2 is 0.683 bits per heavy atom. The predicted molar refractivity (Wildman–Crippen MR) is 360 cm³/mol. The smallest absolute Gasteiger partial charge is 0.378 e. The molecule has 9 saturated heterocycles. The van der Waals surface area contributed by atoms with E-state index in [1.165, 1.54) is 19.0 Å². The van der Waals surface area contributed by atoms with E-state index in [0.717, 1.165) is 73.0 Å². The summed E-state index contributed by atoms with van der Waals surface area (Å²) in [7, 11) is -4.78. The van der Waals surface area contributed by atoms with Crippen LogP contribution in [0.1, 0.15) is 60.2 Å². The second-order valence-electron chi connectivity index (χ2n) is 27.8. The van der Waals surface area contributed by atoms with Crippen LogP contribution < -0.4 is 14.7 Å². The van der Waals surface area contributed by atoms with Crippen molar-refractivity contribution in [3.05, 3.63) is 111 Å². The Hall–Kier alpha value is -7.66. The molecule has 0 radical (unpaired) electrons.